The van der Waals surface area contributed by atoms with Crippen LogP contribution in [0, 0.1) is 11.8 Å². The van der Waals surface area contributed by atoms with Crippen molar-refractivity contribution in [3.63, 3.8) is 0 Å². The Morgan fingerprint density at radius 3 is 2.06 bits per heavy atom. The highest BCUT2D eigenvalue weighted by Gasteiger charge is 2.35. The molecule has 0 N–H and O–H groups in total. The zero-order chi connectivity index (χ0) is 13.4. The van der Waals surface area contributed by atoms with E-state index in [-0.39, 0.29) is 5.92 Å². The molecular weight excluding hydrogens is 224 g/mol. The predicted octanol–water partition coefficient (Wildman–Crippen LogP) is 4.49. The van der Waals surface area contributed by atoms with E-state index in [1.54, 1.807) is 13.2 Å². The number of rotatable bonds is 9. The molecule has 2 heteroatoms. The van der Waals surface area contributed by atoms with Crippen molar-refractivity contribution >= 4 is 5.78 Å². The summed E-state index contributed by atoms with van der Waals surface area (Å²) >= 11 is 0. The zero-order valence-electron chi connectivity index (χ0n) is 12.2. The van der Waals surface area contributed by atoms with E-state index < -0.39 is 0 Å². The van der Waals surface area contributed by atoms with Gasteiger partial charge in [-0.3, -0.25) is 4.79 Å². The summed E-state index contributed by atoms with van der Waals surface area (Å²) in [4.78, 5) is 12.0. The summed E-state index contributed by atoms with van der Waals surface area (Å²) in [7, 11) is 1.69. The highest BCUT2D eigenvalue weighted by Crippen LogP contribution is 2.37. The Hall–Kier alpha value is -0.790. The highest BCUT2D eigenvalue weighted by molar-refractivity contribution is 5.95. The summed E-state index contributed by atoms with van der Waals surface area (Å²) in [6.07, 6.45) is 11.2. The Morgan fingerprint density at radius 2 is 1.56 bits per heavy atom. The number of carbonyl (C=O) groups excluding carboxylic acids is 1. The molecule has 0 heterocycles. The van der Waals surface area contributed by atoms with Crippen molar-refractivity contribution in [1.29, 1.82) is 0 Å². The van der Waals surface area contributed by atoms with Gasteiger partial charge in [0.05, 0.1) is 7.11 Å². The van der Waals surface area contributed by atoms with Crippen LogP contribution in [-0.4, -0.2) is 12.9 Å². The van der Waals surface area contributed by atoms with Crippen molar-refractivity contribution in [2.45, 2.75) is 65.2 Å². The van der Waals surface area contributed by atoms with E-state index in [9.17, 15) is 4.79 Å². The van der Waals surface area contributed by atoms with Gasteiger partial charge in [0.15, 0.2) is 5.78 Å². The first-order valence-corrected chi connectivity index (χ1v) is 7.54. The molecule has 0 aromatic heterocycles. The molecule has 0 aromatic rings. The quantitative estimate of drug-likeness (QED) is 0.565. The van der Waals surface area contributed by atoms with Gasteiger partial charge in [0.25, 0.3) is 0 Å². The molecule has 104 valence electrons. The minimum absolute atomic E-state index is 0.198. The molecule has 0 fully saturated rings. The van der Waals surface area contributed by atoms with Gasteiger partial charge in [0, 0.05) is 17.9 Å². The average molecular weight is 252 g/mol. The number of hydrogen-bond acceptors (Lipinski definition) is 2. The molecule has 2 atom stereocenters. The molecule has 1 aliphatic carbocycles. The first-order chi connectivity index (χ1) is 8.74. The van der Waals surface area contributed by atoms with Crippen molar-refractivity contribution in [1.82, 2.24) is 0 Å². The zero-order valence-corrected chi connectivity index (χ0v) is 12.2. The lowest BCUT2D eigenvalue weighted by Gasteiger charge is -2.21. The Balaban J connectivity index is 2.53. The van der Waals surface area contributed by atoms with Gasteiger partial charge < -0.3 is 4.74 Å². The van der Waals surface area contributed by atoms with E-state index in [0.29, 0.717) is 11.7 Å². The monoisotopic (exact) mass is 252 g/mol. The van der Waals surface area contributed by atoms with E-state index in [1.165, 1.54) is 38.5 Å². The van der Waals surface area contributed by atoms with Crippen LogP contribution >= 0.6 is 0 Å². The SMILES string of the molecule is CCCCC[C@H]1C(=O)C=C(OC)[C@@H]1CCCCC. The molecule has 0 amide bonds. The van der Waals surface area contributed by atoms with Crippen LogP contribution in [0.25, 0.3) is 0 Å². The Labute approximate surface area is 112 Å². The maximum absolute atomic E-state index is 12.0. The molecule has 1 rings (SSSR count). The topological polar surface area (TPSA) is 26.3 Å². The standard InChI is InChI=1S/C16H28O2/c1-4-6-8-10-13-14(11-9-7-5-2)16(18-3)12-15(13)17/h12-14H,4-11H2,1-3H3/t13-,14-/m1/s1. The van der Waals surface area contributed by atoms with Gasteiger partial charge >= 0.3 is 0 Å². The minimum atomic E-state index is 0.198. The van der Waals surface area contributed by atoms with Crippen molar-refractivity contribution in [2.24, 2.45) is 11.8 Å². The second-order valence-corrected chi connectivity index (χ2v) is 5.36. The molecule has 0 aliphatic heterocycles. The van der Waals surface area contributed by atoms with Crippen LogP contribution < -0.4 is 0 Å². The molecule has 0 saturated heterocycles. The smallest absolute Gasteiger partial charge is 0.162 e. The summed E-state index contributed by atoms with van der Waals surface area (Å²) in [6.45, 7) is 4.42. The third-order valence-electron chi connectivity index (χ3n) is 3.97. The molecule has 0 unspecified atom stereocenters. The number of allylic oxidation sites excluding steroid dienone is 2. The molecule has 0 radical (unpaired) electrons. The predicted molar refractivity (Wildman–Crippen MR) is 75.4 cm³/mol. The second-order valence-electron chi connectivity index (χ2n) is 5.36. The van der Waals surface area contributed by atoms with Gasteiger partial charge in [-0.25, -0.2) is 0 Å². The summed E-state index contributed by atoms with van der Waals surface area (Å²) < 4.78 is 5.40. The summed E-state index contributed by atoms with van der Waals surface area (Å²) in [5, 5.41) is 0. The van der Waals surface area contributed by atoms with E-state index >= 15 is 0 Å². The van der Waals surface area contributed by atoms with Crippen molar-refractivity contribution in [2.75, 3.05) is 7.11 Å². The van der Waals surface area contributed by atoms with Gasteiger partial charge in [0.2, 0.25) is 0 Å². The Kier molecular flexibility index (Phi) is 7.07. The van der Waals surface area contributed by atoms with Crippen molar-refractivity contribution in [3.8, 4) is 0 Å². The van der Waals surface area contributed by atoms with E-state index in [0.717, 1.165) is 18.6 Å². The molecule has 1 aliphatic rings. The average Bonchev–Trinajstić information content (AvgIpc) is 2.67. The van der Waals surface area contributed by atoms with Crippen molar-refractivity contribution < 1.29 is 9.53 Å². The van der Waals surface area contributed by atoms with Gasteiger partial charge in [-0.1, -0.05) is 52.4 Å². The minimum Gasteiger partial charge on any atom is -0.501 e. The van der Waals surface area contributed by atoms with Crippen LogP contribution in [0.3, 0.4) is 0 Å². The molecule has 2 nitrogen and oxygen atoms in total. The number of hydrogen-bond donors (Lipinski definition) is 0. The number of methoxy groups -OCH3 is 1. The van der Waals surface area contributed by atoms with Gasteiger partial charge in [0.1, 0.15) is 5.76 Å². The van der Waals surface area contributed by atoms with Gasteiger partial charge in [-0.05, 0) is 12.8 Å². The summed E-state index contributed by atoms with van der Waals surface area (Å²) in [6, 6.07) is 0. The molecule has 0 spiro atoms. The lowest BCUT2D eigenvalue weighted by atomic mass is 9.85. The molecule has 18 heavy (non-hydrogen) atoms. The van der Waals surface area contributed by atoms with Gasteiger partial charge in [-0.2, -0.15) is 0 Å². The first kappa shape index (κ1) is 15.3. The fraction of sp³-hybridized carbons (Fsp3) is 0.812. The van der Waals surface area contributed by atoms with Crippen LogP contribution in [-0.2, 0) is 9.53 Å². The fourth-order valence-corrected chi connectivity index (χ4v) is 2.88. The lowest BCUT2D eigenvalue weighted by Crippen LogP contribution is -2.18. The maximum Gasteiger partial charge on any atom is 0.162 e. The fourth-order valence-electron chi connectivity index (χ4n) is 2.88. The molecular formula is C16H28O2. The van der Waals surface area contributed by atoms with Crippen LogP contribution in [0.5, 0.6) is 0 Å². The van der Waals surface area contributed by atoms with Crippen LogP contribution in [0.4, 0.5) is 0 Å². The van der Waals surface area contributed by atoms with Crippen LogP contribution in [0.1, 0.15) is 65.2 Å². The number of carbonyl (C=O) groups is 1. The Morgan fingerprint density at radius 1 is 1.00 bits per heavy atom. The normalized spacial score (nSPS) is 23.3. The number of ether oxygens (including phenoxy) is 1. The summed E-state index contributed by atoms with van der Waals surface area (Å²) in [5.41, 5.74) is 0. The van der Waals surface area contributed by atoms with E-state index in [1.807, 2.05) is 0 Å². The maximum atomic E-state index is 12.0. The van der Waals surface area contributed by atoms with E-state index in [4.69, 9.17) is 4.74 Å². The third-order valence-corrected chi connectivity index (χ3v) is 3.97. The molecule has 0 saturated carbocycles. The van der Waals surface area contributed by atoms with Crippen molar-refractivity contribution in [3.05, 3.63) is 11.8 Å². The van der Waals surface area contributed by atoms with Crippen LogP contribution in [0.2, 0.25) is 0 Å². The first-order valence-electron chi connectivity index (χ1n) is 7.54. The second kappa shape index (κ2) is 8.34. The van der Waals surface area contributed by atoms with Crippen LogP contribution in [0.15, 0.2) is 11.8 Å². The van der Waals surface area contributed by atoms with Gasteiger partial charge in [-0.15, -0.1) is 0 Å². The lowest BCUT2D eigenvalue weighted by molar-refractivity contribution is -0.118. The summed E-state index contributed by atoms with van der Waals surface area (Å²) in [5.74, 6) is 1.77. The Bertz CT molecular complexity index is 281. The number of ketones is 1. The largest absolute Gasteiger partial charge is 0.501 e. The van der Waals surface area contributed by atoms with E-state index in [2.05, 4.69) is 13.8 Å². The third kappa shape index (κ3) is 4.15. The molecule has 0 bridgehead atoms. The number of unbranched alkanes of at least 4 members (excludes halogenated alkanes) is 4. The highest BCUT2D eigenvalue weighted by atomic mass is 16.5. The molecule has 0 aromatic carbocycles.